The summed E-state index contributed by atoms with van der Waals surface area (Å²) in [4.78, 5) is 0. The first-order valence-electron chi connectivity index (χ1n) is 2.55. The van der Waals surface area contributed by atoms with E-state index in [-0.39, 0.29) is 0 Å². The standard InChI is InChI=1S/C4H7F3O2S/c1-2-3(5)4(6,7)10(8)9/h3H,2H2,1H3,(H,8,9). The van der Waals surface area contributed by atoms with Crippen LogP contribution in [-0.4, -0.2) is 20.2 Å². The van der Waals surface area contributed by atoms with Gasteiger partial charge in [-0.05, 0) is 6.42 Å². The van der Waals surface area contributed by atoms with Gasteiger partial charge in [-0.1, -0.05) is 6.92 Å². The predicted octanol–water partition coefficient (Wildman–Crippen LogP) is 1.55. The third-order valence-corrected chi connectivity index (χ3v) is 1.68. The van der Waals surface area contributed by atoms with Crippen LogP contribution in [-0.2, 0) is 11.1 Å². The largest absolute Gasteiger partial charge is 0.375 e. The Morgan fingerprint density at radius 2 is 2.10 bits per heavy atom. The van der Waals surface area contributed by atoms with Crippen LogP contribution < -0.4 is 0 Å². The van der Waals surface area contributed by atoms with Crippen molar-refractivity contribution >= 4 is 11.1 Å². The van der Waals surface area contributed by atoms with Gasteiger partial charge in [-0.2, -0.15) is 8.78 Å². The Morgan fingerprint density at radius 1 is 1.70 bits per heavy atom. The predicted molar refractivity (Wildman–Crippen MR) is 30.9 cm³/mol. The highest BCUT2D eigenvalue weighted by atomic mass is 32.2. The zero-order valence-corrected chi connectivity index (χ0v) is 6.00. The Morgan fingerprint density at radius 3 is 2.20 bits per heavy atom. The van der Waals surface area contributed by atoms with E-state index in [1.807, 2.05) is 0 Å². The quantitative estimate of drug-likeness (QED) is 0.662. The normalized spacial score (nSPS) is 18.5. The highest BCUT2D eigenvalue weighted by Gasteiger charge is 2.45. The molecule has 0 heterocycles. The van der Waals surface area contributed by atoms with Crippen LogP contribution in [0, 0.1) is 0 Å². The molecule has 0 aromatic rings. The first-order valence-corrected chi connectivity index (χ1v) is 3.66. The first kappa shape index (κ1) is 9.90. The molecule has 62 valence electrons. The van der Waals surface area contributed by atoms with Gasteiger partial charge in [-0.25, -0.2) is 8.60 Å². The maximum absolute atomic E-state index is 12.1. The van der Waals surface area contributed by atoms with Gasteiger partial charge in [0.15, 0.2) is 6.17 Å². The molecule has 0 spiro atoms. The SMILES string of the molecule is CCC(F)C(F)(F)S(=O)O. The summed E-state index contributed by atoms with van der Waals surface area (Å²) in [6.45, 7) is 1.17. The highest BCUT2D eigenvalue weighted by molar-refractivity contribution is 7.80. The van der Waals surface area contributed by atoms with Crippen LogP contribution in [0.2, 0.25) is 0 Å². The van der Waals surface area contributed by atoms with Gasteiger partial charge in [0.25, 0.3) is 0 Å². The zero-order valence-electron chi connectivity index (χ0n) is 5.18. The van der Waals surface area contributed by atoms with Crippen LogP contribution in [0.5, 0.6) is 0 Å². The van der Waals surface area contributed by atoms with Crippen LogP contribution in [0.4, 0.5) is 13.2 Å². The molecule has 6 heteroatoms. The van der Waals surface area contributed by atoms with Gasteiger partial charge in [0.2, 0.25) is 11.1 Å². The van der Waals surface area contributed by atoms with Crippen molar-refractivity contribution < 1.29 is 21.9 Å². The van der Waals surface area contributed by atoms with E-state index in [4.69, 9.17) is 4.55 Å². The summed E-state index contributed by atoms with van der Waals surface area (Å²) in [5.41, 5.74) is 0. The van der Waals surface area contributed by atoms with Gasteiger partial charge < -0.3 is 4.55 Å². The fourth-order valence-electron chi connectivity index (χ4n) is 0.347. The number of alkyl halides is 3. The monoisotopic (exact) mass is 176 g/mol. The molecule has 0 aromatic carbocycles. The molecular formula is C4H7F3O2S. The molecule has 0 aliphatic carbocycles. The van der Waals surface area contributed by atoms with Crippen LogP contribution in [0.25, 0.3) is 0 Å². The molecule has 10 heavy (non-hydrogen) atoms. The van der Waals surface area contributed by atoms with Crippen molar-refractivity contribution in [3.05, 3.63) is 0 Å². The minimum Gasteiger partial charge on any atom is -0.301 e. The molecule has 0 saturated heterocycles. The fraction of sp³-hybridized carbons (Fsp3) is 1.00. The molecule has 0 saturated carbocycles. The molecule has 0 aromatic heterocycles. The second-order valence-electron chi connectivity index (χ2n) is 1.69. The molecule has 2 unspecified atom stereocenters. The fourth-order valence-corrected chi connectivity index (χ4v) is 0.732. The molecule has 2 nitrogen and oxygen atoms in total. The highest BCUT2D eigenvalue weighted by Crippen LogP contribution is 2.26. The summed E-state index contributed by atoms with van der Waals surface area (Å²) in [6.07, 6.45) is -3.02. The van der Waals surface area contributed by atoms with Gasteiger partial charge >= 0.3 is 5.25 Å². The summed E-state index contributed by atoms with van der Waals surface area (Å²) in [6, 6.07) is 0. The maximum atomic E-state index is 12.1. The van der Waals surface area contributed by atoms with Gasteiger partial charge in [0.05, 0.1) is 0 Å². The lowest BCUT2D eigenvalue weighted by atomic mass is 10.3. The van der Waals surface area contributed by atoms with E-state index in [0.29, 0.717) is 0 Å². The van der Waals surface area contributed by atoms with E-state index in [2.05, 4.69) is 0 Å². The van der Waals surface area contributed by atoms with Crippen molar-refractivity contribution in [2.45, 2.75) is 24.8 Å². The van der Waals surface area contributed by atoms with Crippen LogP contribution in [0.15, 0.2) is 0 Å². The lowest BCUT2D eigenvalue weighted by Gasteiger charge is -2.14. The minimum absolute atomic E-state index is 0.473. The molecule has 0 rings (SSSR count). The summed E-state index contributed by atoms with van der Waals surface area (Å²) in [5.74, 6) is 0. The molecule has 0 aliphatic heterocycles. The Bertz CT molecular complexity index is 138. The first-order chi connectivity index (χ1) is 4.42. The third-order valence-electron chi connectivity index (χ3n) is 0.956. The van der Waals surface area contributed by atoms with Crippen LogP contribution in [0.1, 0.15) is 13.3 Å². The number of hydrogen-bond acceptors (Lipinski definition) is 1. The molecule has 0 amide bonds. The average molecular weight is 176 g/mol. The molecule has 1 N–H and O–H groups in total. The van der Waals surface area contributed by atoms with Crippen molar-refractivity contribution in [3.8, 4) is 0 Å². The van der Waals surface area contributed by atoms with E-state index in [1.165, 1.54) is 6.92 Å². The van der Waals surface area contributed by atoms with E-state index in [1.54, 1.807) is 0 Å². The molecule has 0 aliphatic rings. The molecular weight excluding hydrogens is 169 g/mol. The van der Waals surface area contributed by atoms with E-state index in [0.717, 1.165) is 0 Å². The summed E-state index contributed by atoms with van der Waals surface area (Å²) >= 11 is -3.41. The number of halogens is 3. The molecule has 2 atom stereocenters. The lowest BCUT2D eigenvalue weighted by Crippen LogP contribution is -2.33. The van der Waals surface area contributed by atoms with E-state index in [9.17, 15) is 17.4 Å². The molecule has 0 radical (unpaired) electrons. The van der Waals surface area contributed by atoms with E-state index < -0.39 is 28.9 Å². The van der Waals surface area contributed by atoms with Crippen molar-refractivity contribution in [1.82, 2.24) is 0 Å². The van der Waals surface area contributed by atoms with Crippen molar-refractivity contribution in [2.24, 2.45) is 0 Å². The maximum Gasteiger partial charge on any atom is 0.375 e. The second-order valence-corrected chi connectivity index (χ2v) is 2.73. The third kappa shape index (κ3) is 1.95. The average Bonchev–Trinajstić information content (AvgIpc) is 1.86. The van der Waals surface area contributed by atoms with Gasteiger partial charge in [-0.15, -0.1) is 0 Å². The Kier molecular flexibility index (Phi) is 3.30. The van der Waals surface area contributed by atoms with E-state index >= 15 is 0 Å². The van der Waals surface area contributed by atoms with Gasteiger partial charge in [-0.3, -0.25) is 0 Å². The molecule has 0 bridgehead atoms. The Hall–Kier alpha value is -0.100. The lowest BCUT2D eigenvalue weighted by molar-refractivity contribution is 0.00229. The van der Waals surface area contributed by atoms with Gasteiger partial charge in [0, 0.05) is 0 Å². The smallest absolute Gasteiger partial charge is 0.301 e. The number of rotatable bonds is 3. The van der Waals surface area contributed by atoms with Gasteiger partial charge in [0.1, 0.15) is 0 Å². The van der Waals surface area contributed by atoms with Crippen molar-refractivity contribution in [1.29, 1.82) is 0 Å². The minimum atomic E-state index is -4.13. The van der Waals surface area contributed by atoms with Crippen LogP contribution in [0.3, 0.4) is 0 Å². The second kappa shape index (κ2) is 3.34. The van der Waals surface area contributed by atoms with Crippen molar-refractivity contribution in [3.63, 3.8) is 0 Å². The molecule has 0 fully saturated rings. The summed E-state index contributed by atoms with van der Waals surface area (Å²) < 4.78 is 53.7. The Labute approximate surface area is 58.7 Å². The zero-order chi connectivity index (χ0) is 8.36. The summed E-state index contributed by atoms with van der Waals surface area (Å²) in [7, 11) is 0. The topological polar surface area (TPSA) is 37.3 Å². The van der Waals surface area contributed by atoms with Crippen molar-refractivity contribution in [2.75, 3.05) is 0 Å². The summed E-state index contributed by atoms with van der Waals surface area (Å²) in [5, 5.41) is -4.13. The Balaban J connectivity index is 4.23. The van der Waals surface area contributed by atoms with Crippen LogP contribution >= 0.6 is 0 Å². The number of hydrogen-bond donors (Lipinski definition) is 1.